The lowest BCUT2D eigenvalue weighted by Crippen LogP contribution is -1.90. The van der Waals surface area contributed by atoms with E-state index in [-0.39, 0.29) is 0 Å². The fourth-order valence-corrected chi connectivity index (χ4v) is 2.25. The van der Waals surface area contributed by atoms with Crippen LogP contribution in [0.2, 0.25) is 0 Å². The second-order valence-electron chi connectivity index (χ2n) is 4.76. The third-order valence-corrected chi connectivity index (χ3v) is 3.35. The van der Waals surface area contributed by atoms with E-state index in [1.807, 2.05) is 48.5 Å². The summed E-state index contributed by atoms with van der Waals surface area (Å²) in [6.07, 6.45) is 0. The first-order valence-electron chi connectivity index (χ1n) is 6.61. The van der Waals surface area contributed by atoms with Crippen LogP contribution in [0.25, 0.3) is 10.8 Å². The van der Waals surface area contributed by atoms with E-state index in [4.69, 9.17) is 21.0 Å². The lowest BCUT2D eigenvalue weighted by Gasteiger charge is -2.08. The zero-order valence-electron chi connectivity index (χ0n) is 11.6. The first kappa shape index (κ1) is 13.5. The fourth-order valence-electron chi connectivity index (χ4n) is 2.25. The van der Waals surface area contributed by atoms with Gasteiger partial charge in [0, 0.05) is 11.1 Å². The minimum Gasteiger partial charge on any atom is -0.457 e. The van der Waals surface area contributed by atoms with Gasteiger partial charge in [-0.3, -0.25) is 0 Å². The molecule has 22 heavy (non-hydrogen) atoms. The van der Waals surface area contributed by atoms with E-state index in [0.717, 1.165) is 10.8 Å². The summed E-state index contributed by atoms with van der Waals surface area (Å²) in [6, 6.07) is 20.1. The molecule has 0 amide bonds. The van der Waals surface area contributed by atoms with Gasteiger partial charge in [0.2, 0.25) is 0 Å². The topological polar surface area (TPSA) is 82.8 Å². The van der Waals surface area contributed by atoms with Gasteiger partial charge < -0.3 is 10.5 Å². The van der Waals surface area contributed by atoms with Crippen LogP contribution in [0.5, 0.6) is 11.5 Å². The van der Waals surface area contributed by atoms with Crippen molar-refractivity contribution in [1.82, 2.24) is 0 Å². The maximum atomic E-state index is 9.04. The van der Waals surface area contributed by atoms with Crippen molar-refractivity contribution in [3.05, 3.63) is 65.7 Å². The highest BCUT2D eigenvalue weighted by atomic mass is 16.5. The number of hydrogen-bond acceptors (Lipinski definition) is 4. The van der Waals surface area contributed by atoms with E-state index in [0.29, 0.717) is 28.3 Å². The number of fused-ring (bicyclic) bond motifs is 1. The van der Waals surface area contributed by atoms with Gasteiger partial charge in [0.15, 0.2) is 0 Å². The van der Waals surface area contributed by atoms with Crippen LogP contribution >= 0.6 is 0 Å². The fraction of sp³-hybridized carbons (Fsp3) is 0. The zero-order valence-corrected chi connectivity index (χ0v) is 11.6. The zero-order chi connectivity index (χ0) is 15.5. The third kappa shape index (κ3) is 2.42. The molecular weight excluding hydrogens is 274 g/mol. The molecule has 0 spiro atoms. The van der Waals surface area contributed by atoms with Crippen LogP contribution in [-0.4, -0.2) is 0 Å². The summed E-state index contributed by atoms with van der Waals surface area (Å²) in [5.74, 6) is 1.13. The Balaban J connectivity index is 1.99. The van der Waals surface area contributed by atoms with Crippen molar-refractivity contribution in [2.75, 3.05) is 5.73 Å². The monoisotopic (exact) mass is 285 g/mol. The maximum absolute atomic E-state index is 9.04. The van der Waals surface area contributed by atoms with Crippen molar-refractivity contribution < 1.29 is 4.74 Å². The predicted octanol–water partition coefficient (Wildman–Crippen LogP) is 3.96. The molecule has 0 heterocycles. The summed E-state index contributed by atoms with van der Waals surface area (Å²) in [4.78, 5) is 0. The van der Waals surface area contributed by atoms with Crippen molar-refractivity contribution in [3.63, 3.8) is 0 Å². The van der Waals surface area contributed by atoms with Crippen LogP contribution in [0.1, 0.15) is 11.1 Å². The Labute approximate surface area is 127 Å². The van der Waals surface area contributed by atoms with Crippen molar-refractivity contribution >= 4 is 16.5 Å². The van der Waals surface area contributed by atoms with E-state index in [1.165, 1.54) is 0 Å². The van der Waals surface area contributed by atoms with Gasteiger partial charge in [0.05, 0.1) is 11.1 Å². The lowest BCUT2D eigenvalue weighted by molar-refractivity contribution is 0.483. The van der Waals surface area contributed by atoms with Gasteiger partial charge >= 0.3 is 0 Å². The molecule has 0 unspecified atom stereocenters. The molecule has 3 aromatic rings. The van der Waals surface area contributed by atoms with Crippen LogP contribution in [0.4, 0.5) is 5.69 Å². The molecule has 0 aliphatic carbocycles. The first-order valence-corrected chi connectivity index (χ1v) is 6.61. The minimum absolute atomic E-state index is 0.292. The molecule has 4 nitrogen and oxygen atoms in total. The molecule has 0 fully saturated rings. The molecule has 104 valence electrons. The Morgan fingerprint density at radius 1 is 0.818 bits per heavy atom. The number of anilines is 1. The summed E-state index contributed by atoms with van der Waals surface area (Å²) in [5.41, 5.74) is 7.27. The van der Waals surface area contributed by atoms with Crippen molar-refractivity contribution in [3.8, 4) is 23.6 Å². The Bertz CT molecular complexity index is 949. The molecule has 0 saturated carbocycles. The SMILES string of the molecule is N#Cc1ccc(Oc2ccc3cccc(N)c3c2)cc1C#N. The molecule has 0 aromatic heterocycles. The van der Waals surface area contributed by atoms with Crippen LogP contribution in [0.15, 0.2) is 54.6 Å². The van der Waals surface area contributed by atoms with E-state index in [9.17, 15) is 0 Å². The van der Waals surface area contributed by atoms with Crippen molar-refractivity contribution in [1.29, 1.82) is 10.5 Å². The largest absolute Gasteiger partial charge is 0.457 e. The summed E-state index contributed by atoms with van der Waals surface area (Å²) >= 11 is 0. The quantitative estimate of drug-likeness (QED) is 0.722. The molecule has 2 N–H and O–H groups in total. The normalized spacial score (nSPS) is 9.91. The number of rotatable bonds is 2. The summed E-state index contributed by atoms with van der Waals surface area (Å²) in [5, 5.41) is 19.9. The molecular formula is C18H11N3O. The van der Waals surface area contributed by atoms with Crippen LogP contribution in [0, 0.1) is 22.7 Å². The van der Waals surface area contributed by atoms with Gasteiger partial charge in [0.25, 0.3) is 0 Å². The van der Waals surface area contributed by atoms with E-state index >= 15 is 0 Å². The summed E-state index contributed by atoms with van der Waals surface area (Å²) < 4.78 is 5.77. The Hall–Kier alpha value is -3.50. The molecule has 3 aromatic carbocycles. The van der Waals surface area contributed by atoms with Gasteiger partial charge in [0.1, 0.15) is 23.6 Å². The molecule has 0 atom stereocenters. The molecule has 0 aliphatic rings. The maximum Gasteiger partial charge on any atom is 0.128 e. The third-order valence-electron chi connectivity index (χ3n) is 3.35. The van der Waals surface area contributed by atoms with Crippen LogP contribution in [0.3, 0.4) is 0 Å². The molecule has 4 heteroatoms. The molecule has 3 rings (SSSR count). The Morgan fingerprint density at radius 3 is 2.32 bits per heavy atom. The molecule has 0 saturated heterocycles. The second kappa shape index (κ2) is 5.47. The molecule has 0 radical (unpaired) electrons. The van der Waals surface area contributed by atoms with Crippen LogP contribution < -0.4 is 10.5 Å². The predicted molar refractivity (Wildman–Crippen MR) is 84.3 cm³/mol. The number of nitrogen functional groups attached to an aromatic ring is 1. The van der Waals surface area contributed by atoms with Crippen LogP contribution in [-0.2, 0) is 0 Å². The average Bonchev–Trinajstić information content (AvgIpc) is 2.55. The van der Waals surface area contributed by atoms with Gasteiger partial charge in [-0.25, -0.2) is 0 Å². The van der Waals surface area contributed by atoms with Gasteiger partial charge in [-0.2, -0.15) is 10.5 Å². The lowest BCUT2D eigenvalue weighted by atomic mass is 10.1. The van der Waals surface area contributed by atoms with Crippen molar-refractivity contribution in [2.45, 2.75) is 0 Å². The van der Waals surface area contributed by atoms with Gasteiger partial charge in [-0.05, 0) is 41.8 Å². The van der Waals surface area contributed by atoms with E-state index in [1.54, 1.807) is 18.2 Å². The highest BCUT2D eigenvalue weighted by Gasteiger charge is 2.06. The summed E-state index contributed by atoms with van der Waals surface area (Å²) in [7, 11) is 0. The number of nitrogens with zero attached hydrogens (tertiary/aromatic N) is 2. The Kier molecular flexibility index (Phi) is 3.35. The number of hydrogen-bond donors (Lipinski definition) is 1. The van der Waals surface area contributed by atoms with Crippen molar-refractivity contribution in [2.24, 2.45) is 0 Å². The first-order chi connectivity index (χ1) is 10.7. The molecule has 0 bridgehead atoms. The highest BCUT2D eigenvalue weighted by molar-refractivity contribution is 5.93. The van der Waals surface area contributed by atoms with E-state index in [2.05, 4.69) is 0 Å². The minimum atomic E-state index is 0.292. The highest BCUT2D eigenvalue weighted by Crippen LogP contribution is 2.29. The standard InChI is InChI=1S/C18H11N3O/c19-10-13-5-7-15(8-14(13)11-20)22-16-6-4-12-2-1-3-18(21)17(12)9-16/h1-9H,21H2. The van der Waals surface area contributed by atoms with E-state index < -0.39 is 0 Å². The molecule has 0 aliphatic heterocycles. The number of nitriles is 2. The average molecular weight is 285 g/mol. The second-order valence-corrected chi connectivity index (χ2v) is 4.76. The van der Waals surface area contributed by atoms with Gasteiger partial charge in [-0.1, -0.05) is 18.2 Å². The summed E-state index contributed by atoms with van der Waals surface area (Å²) in [6.45, 7) is 0. The number of benzene rings is 3. The Morgan fingerprint density at radius 2 is 1.55 bits per heavy atom. The number of ether oxygens (including phenoxy) is 1. The number of nitrogens with two attached hydrogens (primary N) is 1. The van der Waals surface area contributed by atoms with Gasteiger partial charge in [-0.15, -0.1) is 0 Å². The smallest absolute Gasteiger partial charge is 0.128 e.